The van der Waals surface area contributed by atoms with E-state index in [-0.39, 0.29) is 0 Å². The van der Waals surface area contributed by atoms with Gasteiger partial charge in [-0.1, -0.05) is 29.8 Å². The predicted molar refractivity (Wildman–Crippen MR) is 127 cm³/mol. The van der Waals surface area contributed by atoms with Crippen LogP contribution in [-0.2, 0) is 13.2 Å². The third-order valence-corrected chi connectivity index (χ3v) is 5.19. The van der Waals surface area contributed by atoms with Gasteiger partial charge in [-0.2, -0.15) is 5.10 Å². The van der Waals surface area contributed by atoms with Crippen molar-refractivity contribution in [2.75, 3.05) is 12.0 Å². The Labute approximate surface area is 196 Å². The summed E-state index contributed by atoms with van der Waals surface area (Å²) >= 11 is 11.3. The third kappa shape index (κ3) is 5.27. The number of ether oxygens (including phenoxy) is 2. The smallest absolute Gasteiger partial charge is 0.214 e. The molecule has 0 amide bonds. The molecule has 0 aliphatic heterocycles. The van der Waals surface area contributed by atoms with Crippen LogP contribution in [0.25, 0.3) is 11.4 Å². The Morgan fingerprint density at radius 1 is 1.00 bits per heavy atom. The van der Waals surface area contributed by atoms with Crippen LogP contribution in [0.1, 0.15) is 18.1 Å². The summed E-state index contributed by atoms with van der Waals surface area (Å²) in [6.45, 7) is 3.42. The molecule has 4 rings (SSSR count). The average Bonchev–Trinajstić information content (AvgIpc) is 3.19. The number of benzene rings is 2. The van der Waals surface area contributed by atoms with Gasteiger partial charge in [-0.25, -0.2) is 9.77 Å². The van der Waals surface area contributed by atoms with Gasteiger partial charge in [0, 0.05) is 23.0 Å². The number of nitrogens with zero attached hydrogens (tertiary/aromatic N) is 3. The zero-order valence-electron chi connectivity index (χ0n) is 17.4. The fourth-order valence-corrected chi connectivity index (χ4v) is 3.42. The van der Waals surface area contributed by atoms with E-state index in [9.17, 15) is 0 Å². The Balaban J connectivity index is 1.48. The minimum atomic E-state index is 0.425. The summed E-state index contributed by atoms with van der Waals surface area (Å²) in [5.74, 6) is 2.05. The molecule has 2 aromatic heterocycles. The number of aromatic amines is 1. The van der Waals surface area contributed by atoms with E-state index in [1.165, 1.54) is 0 Å². The number of aromatic nitrogens is 4. The molecule has 2 aromatic carbocycles. The van der Waals surface area contributed by atoms with Gasteiger partial charge < -0.3 is 14.9 Å². The van der Waals surface area contributed by atoms with E-state index >= 15 is 0 Å². The van der Waals surface area contributed by atoms with Crippen LogP contribution in [0.3, 0.4) is 0 Å². The lowest BCUT2D eigenvalue weighted by atomic mass is 10.2. The molecule has 0 fully saturated rings. The van der Waals surface area contributed by atoms with Gasteiger partial charge in [0.25, 0.3) is 0 Å². The van der Waals surface area contributed by atoms with Crippen molar-refractivity contribution in [3.63, 3.8) is 0 Å². The molecule has 0 bridgehead atoms. The molecule has 0 spiro atoms. The van der Waals surface area contributed by atoms with Crippen molar-refractivity contribution >= 4 is 23.8 Å². The molecule has 9 heteroatoms. The molecule has 32 heavy (non-hydrogen) atoms. The SMILES string of the molecule is CCOc1cc(CNn2c(-c3ccncc3)n[nH]c2=S)ccc1OCc1ccc(Cl)cc1. The first-order chi connectivity index (χ1) is 15.6. The second-order valence-corrected chi connectivity index (χ2v) is 7.71. The molecule has 0 saturated carbocycles. The highest BCUT2D eigenvalue weighted by molar-refractivity contribution is 7.71. The lowest BCUT2D eigenvalue weighted by Gasteiger charge is -2.15. The van der Waals surface area contributed by atoms with E-state index in [1.807, 2.05) is 61.5 Å². The van der Waals surface area contributed by atoms with Crippen molar-refractivity contribution in [2.45, 2.75) is 20.1 Å². The van der Waals surface area contributed by atoms with Gasteiger partial charge in [-0.05, 0) is 66.7 Å². The molecule has 0 saturated heterocycles. The number of halogens is 1. The highest BCUT2D eigenvalue weighted by Crippen LogP contribution is 2.29. The molecule has 0 aliphatic carbocycles. The molecular formula is C23H22ClN5O2S. The maximum Gasteiger partial charge on any atom is 0.214 e. The number of pyridine rings is 1. The first-order valence-corrected chi connectivity index (χ1v) is 10.9. The fourth-order valence-electron chi connectivity index (χ4n) is 3.10. The fraction of sp³-hybridized carbons (Fsp3) is 0.174. The third-order valence-electron chi connectivity index (χ3n) is 4.67. The highest BCUT2D eigenvalue weighted by atomic mass is 35.5. The predicted octanol–water partition coefficient (Wildman–Crippen LogP) is 5.38. The second-order valence-electron chi connectivity index (χ2n) is 6.89. The van der Waals surface area contributed by atoms with Crippen molar-refractivity contribution in [1.82, 2.24) is 19.9 Å². The number of nitrogens with one attached hydrogen (secondary N) is 2. The summed E-state index contributed by atoms with van der Waals surface area (Å²) in [6, 6.07) is 17.2. The largest absolute Gasteiger partial charge is 0.490 e. The van der Waals surface area contributed by atoms with Gasteiger partial charge in [0.2, 0.25) is 4.77 Å². The first kappa shape index (κ1) is 21.9. The lowest BCUT2D eigenvalue weighted by molar-refractivity contribution is 0.269. The van der Waals surface area contributed by atoms with Crippen molar-refractivity contribution in [2.24, 2.45) is 0 Å². The minimum absolute atomic E-state index is 0.425. The number of hydrogen-bond donors (Lipinski definition) is 2. The van der Waals surface area contributed by atoms with E-state index in [0.29, 0.717) is 46.9 Å². The molecule has 7 nitrogen and oxygen atoms in total. The van der Waals surface area contributed by atoms with E-state index in [1.54, 1.807) is 17.1 Å². The van der Waals surface area contributed by atoms with Crippen molar-refractivity contribution < 1.29 is 9.47 Å². The van der Waals surface area contributed by atoms with Gasteiger partial charge in [-0.15, -0.1) is 0 Å². The van der Waals surface area contributed by atoms with Gasteiger partial charge >= 0.3 is 0 Å². The van der Waals surface area contributed by atoms with Gasteiger partial charge in [-0.3, -0.25) is 4.98 Å². The van der Waals surface area contributed by atoms with E-state index in [0.717, 1.165) is 16.7 Å². The zero-order chi connectivity index (χ0) is 22.3. The topological polar surface area (TPSA) is 77.0 Å². The number of H-pyrrole nitrogens is 1. The normalized spacial score (nSPS) is 10.7. The molecule has 2 heterocycles. The Hall–Kier alpha value is -3.36. The first-order valence-electron chi connectivity index (χ1n) is 10.1. The van der Waals surface area contributed by atoms with E-state index in [2.05, 4.69) is 20.6 Å². The molecular weight excluding hydrogens is 446 g/mol. The van der Waals surface area contributed by atoms with Crippen LogP contribution >= 0.6 is 23.8 Å². The van der Waals surface area contributed by atoms with Crippen LogP contribution in [0.15, 0.2) is 67.0 Å². The van der Waals surface area contributed by atoms with Gasteiger partial charge in [0.1, 0.15) is 6.61 Å². The second kappa shape index (κ2) is 10.3. The molecule has 0 radical (unpaired) electrons. The van der Waals surface area contributed by atoms with E-state index in [4.69, 9.17) is 33.3 Å². The maximum atomic E-state index is 5.99. The standard InChI is InChI=1S/C23H22ClN5O2S/c1-2-30-21-13-17(5-8-20(21)31-15-16-3-6-19(24)7-4-16)14-26-29-22(27-28-23(29)32)18-9-11-25-12-10-18/h3-13,26H,2,14-15H2,1H3,(H,28,32). The van der Waals surface area contributed by atoms with Crippen LogP contribution in [0.2, 0.25) is 5.02 Å². The summed E-state index contributed by atoms with van der Waals surface area (Å²) in [4.78, 5) is 4.05. The van der Waals surface area contributed by atoms with Crippen LogP contribution in [0.5, 0.6) is 11.5 Å². The minimum Gasteiger partial charge on any atom is -0.490 e. The van der Waals surface area contributed by atoms with Crippen LogP contribution in [-0.4, -0.2) is 26.5 Å². The van der Waals surface area contributed by atoms with Crippen LogP contribution < -0.4 is 14.9 Å². The molecule has 164 valence electrons. The highest BCUT2D eigenvalue weighted by Gasteiger charge is 2.11. The Kier molecular flexibility index (Phi) is 7.03. The van der Waals surface area contributed by atoms with Crippen molar-refractivity contribution in [3.05, 3.63) is 87.9 Å². The molecule has 4 aromatic rings. The van der Waals surface area contributed by atoms with Crippen molar-refractivity contribution in [1.29, 1.82) is 0 Å². The lowest BCUT2D eigenvalue weighted by Crippen LogP contribution is -2.16. The molecule has 0 aliphatic rings. The maximum absolute atomic E-state index is 5.99. The van der Waals surface area contributed by atoms with Gasteiger partial charge in [0.05, 0.1) is 13.2 Å². The summed E-state index contributed by atoms with van der Waals surface area (Å²) in [5, 5.41) is 7.85. The van der Waals surface area contributed by atoms with Gasteiger partial charge in [0.15, 0.2) is 17.3 Å². The monoisotopic (exact) mass is 467 g/mol. The Bertz CT molecular complexity index is 1230. The van der Waals surface area contributed by atoms with Crippen LogP contribution in [0, 0.1) is 4.77 Å². The average molecular weight is 468 g/mol. The van der Waals surface area contributed by atoms with E-state index < -0.39 is 0 Å². The number of rotatable bonds is 9. The summed E-state index contributed by atoms with van der Waals surface area (Å²) in [6.07, 6.45) is 3.43. The zero-order valence-corrected chi connectivity index (χ0v) is 19.0. The molecule has 0 unspecified atom stereocenters. The summed E-state index contributed by atoms with van der Waals surface area (Å²) in [5.41, 5.74) is 6.26. The Morgan fingerprint density at radius 2 is 1.75 bits per heavy atom. The molecule has 2 N–H and O–H groups in total. The Morgan fingerprint density at radius 3 is 2.50 bits per heavy atom. The quantitative estimate of drug-likeness (QED) is 0.322. The summed E-state index contributed by atoms with van der Waals surface area (Å²) in [7, 11) is 0. The number of hydrogen-bond acceptors (Lipinski definition) is 6. The van der Waals surface area contributed by atoms with Crippen molar-refractivity contribution in [3.8, 4) is 22.9 Å². The van der Waals surface area contributed by atoms with Crippen LogP contribution in [0.4, 0.5) is 0 Å². The summed E-state index contributed by atoms with van der Waals surface area (Å²) < 4.78 is 14.0. The molecule has 0 atom stereocenters.